The number of aliphatic hydroxyl groups excluding tert-OH is 1. The Morgan fingerprint density at radius 1 is 1.27 bits per heavy atom. The van der Waals surface area contributed by atoms with Crippen molar-refractivity contribution in [2.45, 2.75) is 25.4 Å². The number of pyridine rings is 1. The van der Waals surface area contributed by atoms with Crippen molar-refractivity contribution in [3.05, 3.63) is 81.8 Å². The monoisotopic (exact) mass is 500 g/mol. The molecule has 2 heterocycles. The maximum absolute atomic E-state index is 15.1. The van der Waals surface area contributed by atoms with E-state index < -0.39 is 18.0 Å². The lowest BCUT2D eigenvalue weighted by Crippen LogP contribution is -2.20. The molecular weight excluding hydrogens is 475 g/mol. The number of allylic oxidation sites excluding steroid dienone is 1. The molecule has 1 aliphatic carbocycles. The van der Waals surface area contributed by atoms with E-state index in [0.717, 1.165) is 24.6 Å². The van der Waals surface area contributed by atoms with E-state index in [9.17, 15) is 9.90 Å². The van der Waals surface area contributed by atoms with Crippen LogP contribution in [0.4, 0.5) is 16.3 Å². The highest BCUT2D eigenvalue weighted by atomic mass is 19.1. The summed E-state index contributed by atoms with van der Waals surface area (Å²) < 4.78 is 16.4. The van der Waals surface area contributed by atoms with E-state index in [2.05, 4.69) is 25.6 Å². The summed E-state index contributed by atoms with van der Waals surface area (Å²) in [6, 6.07) is 10.1. The fourth-order valence-corrected chi connectivity index (χ4v) is 4.34. The summed E-state index contributed by atoms with van der Waals surface area (Å²) in [6.07, 6.45) is 6.26. The third-order valence-corrected chi connectivity index (χ3v) is 6.20. The lowest BCUT2D eigenvalue weighted by atomic mass is 10.0. The molecule has 1 fully saturated rings. The second kappa shape index (κ2) is 9.78. The predicted octanol–water partition coefficient (Wildman–Crippen LogP) is 3.06. The van der Waals surface area contributed by atoms with Gasteiger partial charge in [0.2, 0.25) is 11.9 Å². The first-order valence-corrected chi connectivity index (χ1v) is 11.7. The number of benzene rings is 2. The van der Waals surface area contributed by atoms with Crippen molar-refractivity contribution < 1.29 is 9.50 Å². The first-order valence-electron chi connectivity index (χ1n) is 11.7. The van der Waals surface area contributed by atoms with Gasteiger partial charge >= 0.3 is 0 Å². The quantitative estimate of drug-likeness (QED) is 0.231. The summed E-state index contributed by atoms with van der Waals surface area (Å²) in [5.74, 6) is -0.0259. The van der Waals surface area contributed by atoms with Crippen LogP contribution in [0.25, 0.3) is 27.8 Å². The predicted molar refractivity (Wildman–Crippen MR) is 140 cm³/mol. The van der Waals surface area contributed by atoms with Gasteiger partial charge in [-0.15, -0.1) is 0 Å². The number of aromatic nitrogens is 4. The molecule has 0 amide bonds. The molecule has 0 aliphatic heterocycles. The van der Waals surface area contributed by atoms with Crippen molar-refractivity contribution >= 4 is 28.9 Å². The van der Waals surface area contributed by atoms with Crippen LogP contribution in [0.15, 0.2) is 59.3 Å². The van der Waals surface area contributed by atoms with E-state index in [-0.39, 0.29) is 23.1 Å². The standard InChI is InChI=1S/C26H25FN8O2/c1-30-12-17(11-28)31-26-33-23(32-25(29)34-26)18-3-2-4-21(19(18)13-36)35-8-7-15-9-16(14-5-6-14)10-20(27)22(15)24(35)37/h2-4,7-12,14,28,30,36H,5-6,13H2,1H3,(H3,29,31,32,33,34)/b17-12+,28-11?. The topological polar surface area (TPSA) is 155 Å². The molecule has 0 bridgehead atoms. The van der Waals surface area contributed by atoms with Crippen LogP contribution >= 0.6 is 0 Å². The van der Waals surface area contributed by atoms with Gasteiger partial charge in [0.1, 0.15) is 5.82 Å². The van der Waals surface area contributed by atoms with Crippen LogP contribution in [0, 0.1) is 11.2 Å². The Kier molecular flexibility index (Phi) is 6.36. The van der Waals surface area contributed by atoms with Gasteiger partial charge in [0, 0.05) is 36.8 Å². The SMILES string of the molecule is CN/C=C(\C=N)Nc1nc(N)nc(-c2cccc(-n3ccc4cc(C5CC5)cc(F)c4c3=O)c2CO)n1. The number of nitrogens with two attached hydrogens (primary N) is 1. The normalized spacial score (nSPS) is 13.5. The lowest BCUT2D eigenvalue weighted by Gasteiger charge is -2.16. The molecule has 0 radical (unpaired) electrons. The number of rotatable bonds is 8. The van der Waals surface area contributed by atoms with E-state index in [1.807, 2.05) is 6.07 Å². The van der Waals surface area contributed by atoms with Crippen molar-refractivity contribution in [2.75, 3.05) is 18.1 Å². The summed E-state index contributed by atoms with van der Waals surface area (Å²) in [7, 11) is 1.68. The molecule has 4 aromatic rings. The Hall–Kier alpha value is -4.64. The molecule has 1 aliphatic rings. The van der Waals surface area contributed by atoms with Crippen LogP contribution in [-0.4, -0.2) is 37.9 Å². The highest BCUT2D eigenvalue weighted by Gasteiger charge is 2.25. The van der Waals surface area contributed by atoms with Gasteiger partial charge in [-0.2, -0.15) is 15.0 Å². The first-order chi connectivity index (χ1) is 17.9. The van der Waals surface area contributed by atoms with E-state index in [4.69, 9.17) is 11.1 Å². The van der Waals surface area contributed by atoms with E-state index >= 15 is 4.39 Å². The molecule has 188 valence electrons. The molecule has 0 spiro atoms. The van der Waals surface area contributed by atoms with Crippen molar-refractivity contribution in [1.29, 1.82) is 5.41 Å². The van der Waals surface area contributed by atoms with Gasteiger partial charge in [-0.1, -0.05) is 18.2 Å². The van der Waals surface area contributed by atoms with Gasteiger partial charge < -0.3 is 26.9 Å². The molecule has 5 rings (SSSR count). The average molecular weight is 501 g/mol. The van der Waals surface area contributed by atoms with E-state index in [1.54, 1.807) is 43.7 Å². The second-order valence-electron chi connectivity index (χ2n) is 8.69. The van der Waals surface area contributed by atoms with Crippen LogP contribution in [0.1, 0.15) is 29.9 Å². The first kappa shape index (κ1) is 24.1. The summed E-state index contributed by atoms with van der Waals surface area (Å²) >= 11 is 0. The van der Waals surface area contributed by atoms with Crippen LogP contribution < -0.4 is 21.9 Å². The number of anilines is 2. The summed E-state index contributed by atoms with van der Waals surface area (Å²) in [4.78, 5) is 26.1. The zero-order valence-electron chi connectivity index (χ0n) is 20.0. The third-order valence-electron chi connectivity index (χ3n) is 6.20. The number of hydrogen-bond donors (Lipinski definition) is 5. The Morgan fingerprint density at radius 2 is 2.08 bits per heavy atom. The number of halogens is 1. The Bertz CT molecular complexity index is 1610. The molecule has 0 saturated heterocycles. The van der Waals surface area contributed by atoms with Gasteiger partial charge in [-0.3, -0.25) is 9.36 Å². The number of hydrogen-bond acceptors (Lipinski definition) is 9. The van der Waals surface area contributed by atoms with Crippen LogP contribution in [0.3, 0.4) is 0 Å². The van der Waals surface area contributed by atoms with Crippen LogP contribution in [-0.2, 0) is 6.61 Å². The molecule has 37 heavy (non-hydrogen) atoms. The van der Waals surface area contributed by atoms with Gasteiger partial charge in [-0.25, -0.2) is 4.39 Å². The van der Waals surface area contributed by atoms with Gasteiger partial charge in [-0.05, 0) is 47.9 Å². The average Bonchev–Trinajstić information content (AvgIpc) is 3.73. The number of nitrogens with zero attached hydrogens (tertiary/aromatic N) is 4. The zero-order chi connectivity index (χ0) is 26.1. The molecule has 6 N–H and O–H groups in total. The van der Waals surface area contributed by atoms with E-state index in [1.165, 1.54) is 10.6 Å². The molecule has 10 nitrogen and oxygen atoms in total. The fourth-order valence-electron chi connectivity index (χ4n) is 4.34. The van der Waals surface area contributed by atoms with Gasteiger partial charge in [0.05, 0.1) is 23.4 Å². The van der Waals surface area contributed by atoms with Crippen molar-refractivity contribution in [2.24, 2.45) is 0 Å². The van der Waals surface area contributed by atoms with Crippen molar-refractivity contribution in [3.8, 4) is 17.1 Å². The van der Waals surface area contributed by atoms with Crippen LogP contribution in [0.5, 0.6) is 0 Å². The minimum absolute atomic E-state index is 0.00687. The Labute approximate surface area is 211 Å². The number of nitrogen functional groups attached to an aromatic ring is 1. The maximum atomic E-state index is 15.1. The highest BCUT2D eigenvalue weighted by Crippen LogP contribution is 2.41. The minimum Gasteiger partial charge on any atom is -0.392 e. The summed E-state index contributed by atoms with van der Waals surface area (Å²) in [6.45, 7) is -0.446. The number of fused-ring (bicyclic) bond motifs is 1. The van der Waals surface area contributed by atoms with Crippen molar-refractivity contribution in [1.82, 2.24) is 24.8 Å². The molecule has 11 heteroatoms. The molecule has 0 atom stereocenters. The molecule has 0 unspecified atom stereocenters. The van der Waals surface area contributed by atoms with Crippen LogP contribution in [0.2, 0.25) is 0 Å². The minimum atomic E-state index is -0.557. The van der Waals surface area contributed by atoms with Gasteiger partial charge in [0.15, 0.2) is 5.82 Å². The Balaban J connectivity index is 1.62. The third kappa shape index (κ3) is 4.64. The molecule has 2 aromatic heterocycles. The van der Waals surface area contributed by atoms with E-state index in [0.29, 0.717) is 33.8 Å². The summed E-state index contributed by atoms with van der Waals surface area (Å²) in [5.41, 5.74) is 7.81. The zero-order valence-corrected chi connectivity index (χ0v) is 20.0. The Morgan fingerprint density at radius 3 is 2.78 bits per heavy atom. The maximum Gasteiger partial charge on any atom is 0.265 e. The largest absolute Gasteiger partial charge is 0.392 e. The number of nitrogens with one attached hydrogen (secondary N) is 3. The number of aliphatic hydroxyl groups is 1. The highest BCUT2D eigenvalue weighted by molar-refractivity contribution is 5.84. The van der Waals surface area contributed by atoms with Crippen molar-refractivity contribution in [3.63, 3.8) is 0 Å². The smallest absolute Gasteiger partial charge is 0.265 e. The fraction of sp³-hybridized carbons (Fsp3) is 0.192. The lowest BCUT2D eigenvalue weighted by molar-refractivity contribution is 0.282. The second-order valence-corrected chi connectivity index (χ2v) is 8.69. The molecule has 2 aromatic carbocycles. The summed E-state index contributed by atoms with van der Waals surface area (Å²) in [5, 5.41) is 24.0. The van der Waals surface area contributed by atoms with Gasteiger partial charge in [0.25, 0.3) is 5.56 Å². The molecule has 1 saturated carbocycles. The molecular formula is C26H25FN8O2.